The van der Waals surface area contributed by atoms with Crippen molar-refractivity contribution in [2.45, 2.75) is 19.8 Å². The number of nitrogens with one attached hydrogen (secondary N) is 2. The molecule has 3 heterocycles. The molecule has 11 heteroatoms. The Morgan fingerprint density at radius 3 is 2.58 bits per heavy atom. The summed E-state index contributed by atoms with van der Waals surface area (Å²) in [7, 11) is 2.15. The first-order chi connectivity index (χ1) is 19.4. The zero-order valence-corrected chi connectivity index (χ0v) is 23.4. The molecule has 0 unspecified atom stereocenters. The van der Waals surface area contributed by atoms with Crippen LogP contribution in [0.4, 0.5) is 16.3 Å². The Morgan fingerprint density at radius 1 is 1.10 bits per heavy atom. The number of hydrogen-bond donors (Lipinski definition) is 3. The largest absolute Gasteiger partial charge is 0.450 e. The standard InChI is InChI=1S/C29H40N8O3/c1-3-40-29(39)37-16-11-22(12-17-37)25-6-4-13-31-26(25)34-28(30)33-24-9-7-23(8-10-24)27(38)32-14-5-15-36-20-18-35(2)19-21-36/h4,6-11,13H,3,5,12,14-21H2,1-2H3,(H,32,38)(H3,30,31,33,34). The van der Waals surface area contributed by atoms with Crippen molar-refractivity contribution in [2.24, 2.45) is 10.7 Å². The van der Waals surface area contributed by atoms with Gasteiger partial charge in [-0.1, -0.05) is 6.08 Å². The van der Waals surface area contributed by atoms with E-state index in [-0.39, 0.29) is 18.0 Å². The molecule has 40 heavy (non-hydrogen) atoms. The van der Waals surface area contributed by atoms with E-state index in [2.05, 4.69) is 37.5 Å². The van der Waals surface area contributed by atoms with E-state index in [0.29, 0.717) is 49.7 Å². The Labute approximate surface area is 236 Å². The maximum Gasteiger partial charge on any atom is 0.410 e. The van der Waals surface area contributed by atoms with Crippen molar-refractivity contribution in [3.8, 4) is 0 Å². The third-order valence-corrected chi connectivity index (χ3v) is 7.05. The lowest BCUT2D eigenvalue weighted by Gasteiger charge is -2.32. The number of nitrogens with two attached hydrogens (primary N) is 1. The van der Waals surface area contributed by atoms with Gasteiger partial charge >= 0.3 is 6.09 Å². The van der Waals surface area contributed by atoms with Gasteiger partial charge in [0.1, 0.15) is 0 Å². The van der Waals surface area contributed by atoms with Gasteiger partial charge in [0.25, 0.3) is 5.91 Å². The number of aliphatic imine (C=N–C) groups is 1. The van der Waals surface area contributed by atoms with Crippen molar-refractivity contribution < 1.29 is 14.3 Å². The molecule has 1 fully saturated rings. The first-order valence-corrected chi connectivity index (χ1v) is 13.9. The van der Waals surface area contributed by atoms with E-state index in [1.54, 1.807) is 42.3 Å². The fourth-order valence-electron chi connectivity index (χ4n) is 4.70. The van der Waals surface area contributed by atoms with E-state index in [1.165, 1.54) is 0 Å². The Hall–Kier alpha value is -3.96. The van der Waals surface area contributed by atoms with Crippen LogP contribution in [0.3, 0.4) is 0 Å². The molecule has 1 saturated heterocycles. The molecular formula is C29H40N8O3. The molecule has 0 spiro atoms. The molecule has 2 aliphatic rings. The number of hydrogen-bond acceptors (Lipinski definition) is 7. The number of aromatic nitrogens is 1. The molecule has 214 valence electrons. The molecule has 2 amide bonds. The van der Waals surface area contributed by atoms with Gasteiger partial charge in [-0.3, -0.25) is 4.79 Å². The molecule has 2 aromatic rings. The number of benzene rings is 1. The third-order valence-electron chi connectivity index (χ3n) is 7.05. The number of likely N-dealkylation sites (N-methyl/N-ethyl adjacent to an activating group) is 1. The van der Waals surface area contributed by atoms with E-state index in [4.69, 9.17) is 10.5 Å². The van der Waals surface area contributed by atoms with Gasteiger partial charge in [0.2, 0.25) is 0 Å². The van der Waals surface area contributed by atoms with Crippen LogP contribution < -0.4 is 16.4 Å². The summed E-state index contributed by atoms with van der Waals surface area (Å²) in [4.78, 5) is 39.9. The van der Waals surface area contributed by atoms with Gasteiger partial charge in [-0.2, -0.15) is 4.99 Å². The average Bonchev–Trinajstić information content (AvgIpc) is 2.97. The van der Waals surface area contributed by atoms with E-state index in [9.17, 15) is 9.59 Å². The van der Waals surface area contributed by atoms with E-state index in [0.717, 1.165) is 50.3 Å². The number of piperazine rings is 1. The lowest BCUT2D eigenvalue weighted by atomic mass is 10.0. The van der Waals surface area contributed by atoms with Crippen LogP contribution in [-0.2, 0) is 4.74 Å². The monoisotopic (exact) mass is 548 g/mol. The zero-order chi connectivity index (χ0) is 28.3. The van der Waals surface area contributed by atoms with Gasteiger partial charge < -0.3 is 35.8 Å². The number of anilines is 1. The van der Waals surface area contributed by atoms with Crippen molar-refractivity contribution >= 4 is 35.0 Å². The van der Waals surface area contributed by atoms with Gasteiger partial charge in [-0.05, 0) is 75.3 Å². The molecule has 2 aliphatic heterocycles. The number of guanidine groups is 1. The summed E-state index contributed by atoms with van der Waals surface area (Å²) >= 11 is 0. The highest BCUT2D eigenvalue weighted by atomic mass is 16.6. The predicted molar refractivity (Wildman–Crippen MR) is 158 cm³/mol. The summed E-state index contributed by atoms with van der Waals surface area (Å²) in [5, 5.41) is 6.08. The van der Waals surface area contributed by atoms with Crippen LogP contribution in [0.2, 0.25) is 0 Å². The molecule has 0 aliphatic carbocycles. The summed E-state index contributed by atoms with van der Waals surface area (Å²) in [6, 6.07) is 10.9. The summed E-state index contributed by atoms with van der Waals surface area (Å²) in [5.74, 6) is 0.591. The van der Waals surface area contributed by atoms with Crippen molar-refractivity contribution in [1.82, 2.24) is 25.0 Å². The molecule has 0 radical (unpaired) electrons. The number of nitrogens with zero attached hydrogens (tertiary/aromatic N) is 5. The molecule has 0 atom stereocenters. The van der Waals surface area contributed by atoms with Crippen LogP contribution in [0.5, 0.6) is 0 Å². The Kier molecular flexibility index (Phi) is 10.5. The Morgan fingerprint density at radius 2 is 1.88 bits per heavy atom. The SMILES string of the molecule is CCOC(=O)N1CC=C(c2cccnc2N=C(N)Nc2ccc(C(=O)NCCCN3CCN(C)CC3)cc2)CC1. The molecule has 11 nitrogen and oxygen atoms in total. The highest BCUT2D eigenvalue weighted by molar-refractivity contribution is 5.97. The number of pyridine rings is 1. The summed E-state index contributed by atoms with van der Waals surface area (Å²) < 4.78 is 5.09. The van der Waals surface area contributed by atoms with Crippen molar-refractivity contribution in [1.29, 1.82) is 0 Å². The molecule has 1 aromatic carbocycles. The van der Waals surface area contributed by atoms with Crippen LogP contribution in [0.15, 0.2) is 53.7 Å². The maximum atomic E-state index is 12.5. The highest BCUT2D eigenvalue weighted by Gasteiger charge is 2.20. The van der Waals surface area contributed by atoms with Crippen LogP contribution in [0.25, 0.3) is 5.57 Å². The number of ether oxygens (including phenoxy) is 1. The van der Waals surface area contributed by atoms with Crippen molar-refractivity contribution in [2.75, 3.05) is 71.3 Å². The van der Waals surface area contributed by atoms with Crippen molar-refractivity contribution in [3.63, 3.8) is 0 Å². The van der Waals surface area contributed by atoms with E-state index >= 15 is 0 Å². The zero-order valence-electron chi connectivity index (χ0n) is 23.4. The fourth-order valence-corrected chi connectivity index (χ4v) is 4.70. The van der Waals surface area contributed by atoms with Crippen LogP contribution in [-0.4, -0.2) is 104 Å². The normalized spacial score (nSPS) is 16.8. The molecular weight excluding hydrogens is 508 g/mol. The Balaban J connectivity index is 1.28. The van der Waals surface area contributed by atoms with Crippen molar-refractivity contribution in [3.05, 3.63) is 59.8 Å². The number of rotatable bonds is 9. The van der Waals surface area contributed by atoms with Crippen LogP contribution in [0.1, 0.15) is 35.7 Å². The molecule has 4 rings (SSSR count). The summed E-state index contributed by atoms with van der Waals surface area (Å²) in [6.45, 7) is 9.19. The van der Waals surface area contributed by atoms with Gasteiger partial charge in [0.15, 0.2) is 11.8 Å². The summed E-state index contributed by atoms with van der Waals surface area (Å²) in [5.41, 5.74) is 9.44. The summed E-state index contributed by atoms with van der Waals surface area (Å²) in [6.07, 6.45) is 4.96. The number of carbonyl (C=O) groups is 2. The van der Waals surface area contributed by atoms with Crippen LogP contribution in [0, 0.1) is 0 Å². The van der Waals surface area contributed by atoms with Gasteiger partial charge in [-0.15, -0.1) is 0 Å². The maximum absolute atomic E-state index is 12.5. The van der Waals surface area contributed by atoms with Crippen LogP contribution >= 0.6 is 0 Å². The minimum Gasteiger partial charge on any atom is -0.450 e. The number of amides is 2. The van der Waals surface area contributed by atoms with Gasteiger partial charge in [-0.25, -0.2) is 9.78 Å². The molecule has 0 bridgehead atoms. The fraction of sp³-hybridized carbons (Fsp3) is 0.448. The topological polar surface area (TPSA) is 128 Å². The predicted octanol–water partition coefficient (Wildman–Crippen LogP) is 2.75. The first-order valence-electron chi connectivity index (χ1n) is 13.9. The molecule has 0 saturated carbocycles. The first kappa shape index (κ1) is 29.0. The second-order valence-electron chi connectivity index (χ2n) is 9.95. The smallest absolute Gasteiger partial charge is 0.410 e. The lowest BCUT2D eigenvalue weighted by Crippen LogP contribution is -2.45. The average molecular weight is 549 g/mol. The quantitative estimate of drug-likeness (QED) is 0.248. The second kappa shape index (κ2) is 14.4. The van der Waals surface area contributed by atoms with Gasteiger partial charge in [0, 0.05) is 68.8 Å². The van der Waals surface area contributed by atoms with Gasteiger partial charge in [0.05, 0.1) is 6.61 Å². The highest BCUT2D eigenvalue weighted by Crippen LogP contribution is 2.29. The minimum atomic E-state index is -0.305. The Bertz CT molecular complexity index is 1210. The lowest BCUT2D eigenvalue weighted by molar-refractivity contribution is 0.0949. The van der Waals surface area contributed by atoms with E-state index < -0.39 is 0 Å². The minimum absolute atomic E-state index is 0.0908. The third kappa shape index (κ3) is 8.27. The molecule has 1 aromatic heterocycles. The number of carbonyl (C=O) groups excluding carboxylic acids is 2. The second-order valence-corrected chi connectivity index (χ2v) is 9.95. The van der Waals surface area contributed by atoms with E-state index in [1.807, 2.05) is 18.2 Å². The molecule has 4 N–H and O–H groups in total.